The number of carbonyl (C=O) groups excluding carboxylic acids is 1. The van der Waals surface area contributed by atoms with Crippen LogP contribution in [0.25, 0.3) is 11.1 Å². The minimum atomic E-state index is -0.462. The Labute approximate surface area is 225 Å². The molecule has 1 aliphatic carbocycles. The van der Waals surface area contributed by atoms with Crippen molar-refractivity contribution in [3.8, 4) is 11.1 Å². The maximum Gasteiger partial charge on any atom is 0.251 e. The van der Waals surface area contributed by atoms with Gasteiger partial charge in [0.2, 0.25) is 5.91 Å². The molecule has 0 saturated heterocycles. The Morgan fingerprint density at radius 2 is 1.76 bits per heavy atom. The zero-order valence-electron chi connectivity index (χ0n) is 23.5. The summed E-state index contributed by atoms with van der Waals surface area (Å²) in [5, 5.41) is 3.82. The third kappa shape index (κ3) is 5.83. The Morgan fingerprint density at radius 1 is 1.11 bits per heavy atom. The number of hydrogen-bond acceptors (Lipinski definition) is 5. The standard InChI is InChI=1S/C31H41N5O2/c1-18-15-19(2)34-31(38)25(18)16-28-27(23-11-13-33-14-12-23)17-26(30(32)37)20(3)29(28)35-21(4)22-7-9-24(10-8-22)36(5)6/h11-15,17,21-22,24,35H,7-10,16H2,1-6H3,(H2,32,37)(H,34,38). The van der Waals surface area contributed by atoms with Gasteiger partial charge < -0.3 is 20.9 Å². The molecule has 1 aromatic carbocycles. The van der Waals surface area contributed by atoms with Gasteiger partial charge in [0.15, 0.2) is 0 Å². The van der Waals surface area contributed by atoms with Gasteiger partial charge in [-0.15, -0.1) is 0 Å². The Hall–Kier alpha value is -3.45. The monoisotopic (exact) mass is 515 g/mol. The Balaban J connectivity index is 1.83. The summed E-state index contributed by atoms with van der Waals surface area (Å²) < 4.78 is 0. The molecule has 0 bridgehead atoms. The molecule has 7 heteroatoms. The molecule has 2 aromatic heterocycles. The van der Waals surface area contributed by atoms with Crippen LogP contribution in [0.5, 0.6) is 0 Å². The fourth-order valence-corrected chi connectivity index (χ4v) is 6.00. The topological polar surface area (TPSA) is 104 Å². The largest absolute Gasteiger partial charge is 0.382 e. The van der Waals surface area contributed by atoms with Gasteiger partial charge in [-0.2, -0.15) is 0 Å². The number of hydrogen-bond donors (Lipinski definition) is 3. The van der Waals surface area contributed by atoms with Gasteiger partial charge in [-0.1, -0.05) is 0 Å². The zero-order valence-corrected chi connectivity index (χ0v) is 23.5. The number of nitrogens with one attached hydrogen (secondary N) is 2. The zero-order chi connectivity index (χ0) is 27.6. The quantitative estimate of drug-likeness (QED) is 0.393. The Kier molecular flexibility index (Phi) is 8.36. The number of primary amides is 1. The predicted molar refractivity (Wildman–Crippen MR) is 155 cm³/mol. The lowest BCUT2D eigenvalue weighted by molar-refractivity contribution is 0.0999. The Morgan fingerprint density at radius 3 is 2.34 bits per heavy atom. The first-order valence-electron chi connectivity index (χ1n) is 13.6. The molecule has 1 fully saturated rings. The van der Waals surface area contributed by atoms with Crippen molar-refractivity contribution >= 4 is 11.6 Å². The molecule has 7 nitrogen and oxygen atoms in total. The van der Waals surface area contributed by atoms with Crippen LogP contribution in [0, 0.1) is 26.7 Å². The summed E-state index contributed by atoms with van der Waals surface area (Å²) in [7, 11) is 4.32. The first kappa shape index (κ1) is 27.6. The molecule has 4 N–H and O–H groups in total. The van der Waals surface area contributed by atoms with Crippen LogP contribution in [0.3, 0.4) is 0 Å². The molecule has 1 amide bonds. The second-order valence-corrected chi connectivity index (χ2v) is 11.1. The molecular weight excluding hydrogens is 474 g/mol. The van der Waals surface area contributed by atoms with Crippen molar-refractivity contribution in [1.29, 1.82) is 0 Å². The fourth-order valence-electron chi connectivity index (χ4n) is 6.00. The van der Waals surface area contributed by atoms with Gasteiger partial charge in [0.25, 0.3) is 5.56 Å². The van der Waals surface area contributed by atoms with E-state index < -0.39 is 5.91 Å². The highest BCUT2D eigenvalue weighted by Crippen LogP contribution is 2.38. The lowest BCUT2D eigenvalue weighted by Crippen LogP contribution is -2.37. The van der Waals surface area contributed by atoms with Crippen LogP contribution in [-0.4, -0.2) is 47.0 Å². The number of aromatic amines is 1. The van der Waals surface area contributed by atoms with Crippen LogP contribution >= 0.6 is 0 Å². The van der Waals surface area contributed by atoms with Gasteiger partial charge >= 0.3 is 0 Å². The minimum Gasteiger partial charge on any atom is -0.382 e. The SMILES string of the molecule is Cc1cc(C)c(Cc2c(-c3ccncc3)cc(C(N)=O)c(C)c2NC(C)C2CCC(N(C)C)CC2)c(=O)[nH]1. The number of aryl methyl sites for hydroxylation is 2. The van der Waals surface area contributed by atoms with Crippen molar-refractivity contribution in [3.63, 3.8) is 0 Å². The van der Waals surface area contributed by atoms with Crippen LogP contribution in [0.15, 0.2) is 41.5 Å². The molecular formula is C31H41N5O2. The lowest BCUT2D eigenvalue weighted by Gasteiger charge is -2.36. The third-order valence-electron chi connectivity index (χ3n) is 8.35. The molecule has 1 atom stereocenters. The fraction of sp³-hybridized carbons (Fsp3) is 0.452. The van der Waals surface area contributed by atoms with E-state index in [0.29, 0.717) is 23.9 Å². The molecule has 202 valence electrons. The number of rotatable bonds is 8. The number of H-pyrrole nitrogens is 1. The van der Waals surface area contributed by atoms with E-state index in [1.807, 2.05) is 45.0 Å². The molecule has 0 spiro atoms. The van der Waals surface area contributed by atoms with E-state index in [0.717, 1.165) is 57.6 Å². The summed E-state index contributed by atoms with van der Waals surface area (Å²) in [6.07, 6.45) is 8.57. The number of nitrogens with zero attached hydrogens (tertiary/aromatic N) is 2. The van der Waals surface area contributed by atoms with Gasteiger partial charge in [-0.05, 0) is 125 Å². The number of amides is 1. The van der Waals surface area contributed by atoms with Gasteiger partial charge in [0, 0.05) is 53.4 Å². The molecule has 1 unspecified atom stereocenters. The van der Waals surface area contributed by atoms with Gasteiger partial charge in [-0.3, -0.25) is 14.6 Å². The van der Waals surface area contributed by atoms with Crippen LogP contribution in [0.2, 0.25) is 0 Å². The average molecular weight is 516 g/mol. The van der Waals surface area contributed by atoms with E-state index in [-0.39, 0.29) is 11.6 Å². The number of aromatic nitrogens is 2. The number of benzene rings is 1. The molecule has 4 rings (SSSR count). The van der Waals surface area contributed by atoms with E-state index in [2.05, 4.69) is 41.2 Å². The van der Waals surface area contributed by atoms with Crippen LogP contribution in [-0.2, 0) is 6.42 Å². The van der Waals surface area contributed by atoms with Crippen LogP contribution < -0.4 is 16.6 Å². The molecule has 38 heavy (non-hydrogen) atoms. The smallest absolute Gasteiger partial charge is 0.251 e. The second kappa shape index (κ2) is 11.5. The average Bonchev–Trinajstić information content (AvgIpc) is 2.88. The maximum atomic E-state index is 13.1. The summed E-state index contributed by atoms with van der Waals surface area (Å²) in [5.74, 6) is 0.0560. The summed E-state index contributed by atoms with van der Waals surface area (Å²) in [5.41, 5.74) is 13.3. The van der Waals surface area contributed by atoms with E-state index in [9.17, 15) is 9.59 Å². The Bertz CT molecular complexity index is 1350. The summed E-state index contributed by atoms with van der Waals surface area (Å²) in [4.78, 5) is 35.1. The minimum absolute atomic E-state index is 0.0826. The first-order valence-corrected chi connectivity index (χ1v) is 13.6. The van der Waals surface area contributed by atoms with Crippen molar-refractivity contribution in [3.05, 3.63) is 80.5 Å². The van der Waals surface area contributed by atoms with E-state index in [4.69, 9.17) is 5.73 Å². The highest BCUT2D eigenvalue weighted by Gasteiger charge is 2.28. The summed E-state index contributed by atoms with van der Waals surface area (Å²) in [6.45, 7) is 8.06. The number of nitrogens with two attached hydrogens (primary N) is 1. The highest BCUT2D eigenvalue weighted by atomic mass is 16.1. The van der Waals surface area contributed by atoms with Crippen molar-refractivity contribution in [2.24, 2.45) is 11.7 Å². The highest BCUT2D eigenvalue weighted by molar-refractivity contribution is 5.98. The number of pyridine rings is 2. The molecule has 0 radical (unpaired) electrons. The third-order valence-corrected chi connectivity index (χ3v) is 8.35. The molecule has 2 heterocycles. The number of anilines is 1. The van der Waals surface area contributed by atoms with Crippen molar-refractivity contribution < 1.29 is 4.79 Å². The van der Waals surface area contributed by atoms with E-state index in [1.165, 1.54) is 12.8 Å². The molecule has 0 aliphatic heterocycles. The summed E-state index contributed by atoms with van der Waals surface area (Å²) in [6, 6.07) is 8.57. The molecule has 3 aromatic rings. The predicted octanol–water partition coefficient (Wildman–Crippen LogP) is 4.97. The van der Waals surface area contributed by atoms with Crippen molar-refractivity contribution in [2.45, 2.75) is 71.9 Å². The van der Waals surface area contributed by atoms with Gasteiger partial charge in [0.1, 0.15) is 0 Å². The van der Waals surface area contributed by atoms with Crippen LogP contribution in [0.1, 0.15) is 70.9 Å². The van der Waals surface area contributed by atoms with Crippen LogP contribution in [0.4, 0.5) is 5.69 Å². The van der Waals surface area contributed by atoms with Gasteiger partial charge in [0.05, 0.1) is 0 Å². The lowest BCUT2D eigenvalue weighted by atomic mass is 9.81. The van der Waals surface area contributed by atoms with Crippen molar-refractivity contribution in [1.82, 2.24) is 14.9 Å². The molecule has 1 saturated carbocycles. The van der Waals surface area contributed by atoms with E-state index in [1.54, 1.807) is 12.4 Å². The normalized spacial score (nSPS) is 18.4. The molecule has 1 aliphatic rings. The summed E-state index contributed by atoms with van der Waals surface area (Å²) >= 11 is 0. The van der Waals surface area contributed by atoms with E-state index >= 15 is 0 Å². The second-order valence-electron chi connectivity index (χ2n) is 11.1. The van der Waals surface area contributed by atoms with Gasteiger partial charge in [-0.25, -0.2) is 0 Å². The maximum absolute atomic E-state index is 13.1. The number of carbonyl (C=O) groups is 1. The first-order chi connectivity index (χ1) is 18.1. The van der Waals surface area contributed by atoms with Crippen molar-refractivity contribution in [2.75, 3.05) is 19.4 Å².